The molecule has 146 valence electrons. The molecule has 0 saturated carbocycles. The zero-order valence-corrected chi connectivity index (χ0v) is 16.8. The Morgan fingerprint density at radius 1 is 1.15 bits per heavy atom. The van der Waals surface area contributed by atoms with Crippen LogP contribution in [0, 0.1) is 5.92 Å². The van der Waals surface area contributed by atoms with Gasteiger partial charge in [-0.2, -0.15) is 0 Å². The average Bonchev–Trinajstić information content (AvgIpc) is 2.67. The van der Waals surface area contributed by atoms with E-state index in [4.69, 9.17) is 0 Å². The number of nitrogens with one attached hydrogen (secondary N) is 2. The third kappa shape index (κ3) is 6.36. The summed E-state index contributed by atoms with van der Waals surface area (Å²) in [5, 5.41) is 17.5. The second kappa shape index (κ2) is 10.1. The molecule has 0 fully saturated rings. The van der Waals surface area contributed by atoms with Crippen LogP contribution in [0.15, 0.2) is 59.9 Å². The molecule has 0 bridgehead atoms. The molecule has 0 radical (unpaired) electrons. The van der Waals surface area contributed by atoms with Crippen LogP contribution in [0.2, 0.25) is 0 Å². The van der Waals surface area contributed by atoms with Crippen LogP contribution < -0.4 is 10.6 Å². The highest BCUT2D eigenvalue weighted by Gasteiger charge is 2.23. The summed E-state index contributed by atoms with van der Waals surface area (Å²) in [6.45, 7) is 10.1. The van der Waals surface area contributed by atoms with Crippen LogP contribution >= 0.6 is 0 Å². The summed E-state index contributed by atoms with van der Waals surface area (Å²) in [6.07, 6.45) is 3.72. The molecule has 0 amide bonds. The van der Waals surface area contributed by atoms with Crippen molar-refractivity contribution in [1.82, 2.24) is 15.6 Å². The van der Waals surface area contributed by atoms with Gasteiger partial charge in [-0.1, -0.05) is 50.2 Å². The van der Waals surface area contributed by atoms with Gasteiger partial charge in [-0.15, -0.1) is 0 Å². The highest BCUT2D eigenvalue weighted by atomic mass is 16.3. The Labute approximate surface area is 163 Å². The van der Waals surface area contributed by atoms with Gasteiger partial charge in [-0.3, -0.25) is 4.98 Å². The quantitative estimate of drug-likeness (QED) is 0.494. The van der Waals surface area contributed by atoms with Crippen molar-refractivity contribution in [3.63, 3.8) is 0 Å². The van der Waals surface area contributed by atoms with E-state index in [-0.39, 0.29) is 6.54 Å². The van der Waals surface area contributed by atoms with Gasteiger partial charge in [0, 0.05) is 31.4 Å². The molecule has 2 atom stereocenters. The average molecular weight is 369 g/mol. The molecular formula is C22H32N4O. The highest BCUT2D eigenvalue weighted by Crippen LogP contribution is 2.23. The molecule has 5 nitrogen and oxygen atoms in total. The molecule has 0 saturated heterocycles. The first-order chi connectivity index (χ1) is 12.9. The Bertz CT molecular complexity index is 699. The lowest BCUT2D eigenvalue weighted by atomic mass is 9.89. The Morgan fingerprint density at radius 3 is 2.48 bits per heavy atom. The number of aliphatic hydroxyl groups is 1. The fourth-order valence-corrected chi connectivity index (χ4v) is 3.00. The van der Waals surface area contributed by atoms with Crippen molar-refractivity contribution in [1.29, 1.82) is 0 Å². The smallest absolute Gasteiger partial charge is 0.191 e. The fourth-order valence-electron chi connectivity index (χ4n) is 3.00. The standard InChI is InChI=1S/C22H32N4O/c1-5-24-21(26-16-22(4,27)19-11-7-6-8-12-19)25-15-20(17(2)3)18-10-9-13-23-14-18/h6-14,17,20,27H,5,15-16H2,1-4H3,(H2,24,25,26). The van der Waals surface area contributed by atoms with Gasteiger partial charge in [0.2, 0.25) is 0 Å². The van der Waals surface area contributed by atoms with Crippen molar-refractivity contribution < 1.29 is 5.11 Å². The Kier molecular flexibility index (Phi) is 7.80. The topological polar surface area (TPSA) is 69.5 Å². The SMILES string of the molecule is CCNC(=NCC(C)(O)c1ccccc1)NCC(c1cccnc1)C(C)C. The maximum Gasteiger partial charge on any atom is 0.191 e. The number of rotatable bonds is 8. The predicted octanol–water partition coefficient (Wildman–Crippen LogP) is 3.28. The lowest BCUT2D eigenvalue weighted by Crippen LogP contribution is -2.41. The van der Waals surface area contributed by atoms with Gasteiger partial charge in [-0.25, -0.2) is 4.99 Å². The van der Waals surface area contributed by atoms with E-state index in [0.29, 0.717) is 17.8 Å². The number of aliphatic imine (C=N–C) groups is 1. The molecule has 1 aromatic heterocycles. The number of pyridine rings is 1. The van der Waals surface area contributed by atoms with E-state index in [1.54, 1.807) is 13.1 Å². The van der Waals surface area contributed by atoms with Crippen molar-refractivity contribution in [2.75, 3.05) is 19.6 Å². The first-order valence-electron chi connectivity index (χ1n) is 9.64. The van der Waals surface area contributed by atoms with Crippen LogP contribution in [-0.4, -0.2) is 35.7 Å². The van der Waals surface area contributed by atoms with Gasteiger partial charge in [0.15, 0.2) is 5.96 Å². The van der Waals surface area contributed by atoms with Crippen LogP contribution in [0.5, 0.6) is 0 Å². The summed E-state index contributed by atoms with van der Waals surface area (Å²) in [7, 11) is 0. The molecule has 0 aliphatic heterocycles. The summed E-state index contributed by atoms with van der Waals surface area (Å²) in [5.41, 5.74) is 1.07. The summed E-state index contributed by atoms with van der Waals surface area (Å²) >= 11 is 0. The van der Waals surface area contributed by atoms with E-state index in [0.717, 1.165) is 18.7 Å². The van der Waals surface area contributed by atoms with Gasteiger partial charge in [-0.05, 0) is 37.0 Å². The molecule has 1 heterocycles. The maximum absolute atomic E-state index is 10.8. The lowest BCUT2D eigenvalue weighted by Gasteiger charge is -2.25. The molecule has 5 heteroatoms. The third-order valence-corrected chi connectivity index (χ3v) is 4.69. The minimum absolute atomic E-state index is 0.283. The van der Waals surface area contributed by atoms with Crippen molar-refractivity contribution in [3.8, 4) is 0 Å². The monoisotopic (exact) mass is 368 g/mol. The summed E-state index contributed by atoms with van der Waals surface area (Å²) < 4.78 is 0. The van der Waals surface area contributed by atoms with Crippen LogP contribution in [0.25, 0.3) is 0 Å². The molecule has 27 heavy (non-hydrogen) atoms. The van der Waals surface area contributed by atoms with Gasteiger partial charge >= 0.3 is 0 Å². The summed E-state index contributed by atoms with van der Waals surface area (Å²) in [6, 6.07) is 13.7. The normalized spacial score (nSPS) is 15.3. The Balaban J connectivity index is 2.06. The van der Waals surface area contributed by atoms with Gasteiger partial charge in [0.05, 0.1) is 6.54 Å². The lowest BCUT2D eigenvalue weighted by molar-refractivity contribution is 0.0672. The Hall–Kier alpha value is -2.40. The molecule has 2 aromatic rings. The molecule has 0 spiro atoms. The van der Waals surface area contributed by atoms with Gasteiger partial charge in [0.25, 0.3) is 0 Å². The van der Waals surface area contributed by atoms with E-state index in [1.165, 1.54) is 5.56 Å². The molecule has 0 aliphatic carbocycles. The van der Waals surface area contributed by atoms with Crippen molar-refractivity contribution in [3.05, 3.63) is 66.0 Å². The molecule has 0 aliphatic rings. The Morgan fingerprint density at radius 2 is 1.89 bits per heavy atom. The third-order valence-electron chi connectivity index (χ3n) is 4.69. The summed E-state index contributed by atoms with van der Waals surface area (Å²) in [4.78, 5) is 8.86. The number of nitrogens with zero attached hydrogens (tertiary/aromatic N) is 2. The zero-order chi connectivity index (χ0) is 19.7. The van der Waals surface area contributed by atoms with Crippen molar-refractivity contribution in [2.24, 2.45) is 10.9 Å². The largest absolute Gasteiger partial charge is 0.384 e. The molecule has 3 N–H and O–H groups in total. The summed E-state index contributed by atoms with van der Waals surface area (Å²) in [5.74, 6) is 1.51. The fraction of sp³-hybridized carbons (Fsp3) is 0.455. The van der Waals surface area contributed by atoms with Crippen LogP contribution in [0.4, 0.5) is 0 Å². The molecule has 2 unspecified atom stereocenters. The molecule has 2 rings (SSSR count). The van der Waals surface area contributed by atoms with E-state index in [2.05, 4.69) is 40.5 Å². The van der Waals surface area contributed by atoms with E-state index < -0.39 is 5.60 Å². The zero-order valence-electron chi connectivity index (χ0n) is 16.8. The number of guanidine groups is 1. The first-order valence-corrected chi connectivity index (χ1v) is 9.64. The van der Waals surface area contributed by atoms with Crippen molar-refractivity contribution in [2.45, 2.75) is 39.2 Å². The van der Waals surface area contributed by atoms with Gasteiger partial charge in [0.1, 0.15) is 5.60 Å². The van der Waals surface area contributed by atoms with E-state index in [1.807, 2.05) is 49.5 Å². The maximum atomic E-state index is 10.8. The number of hydrogen-bond donors (Lipinski definition) is 3. The van der Waals surface area contributed by atoms with Crippen molar-refractivity contribution >= 4 is 5.96 Å². The second-order valence-corrected chi connectivity index (χ2v) is 7.35. The van der Waals surface area contributed by atoms with Crippen LogP contribution in [-0.2, 0) is 5.60 Å². The van der Waals surface area contributed by atoms with E-state index in [9.17, 15) is 5.11 Å². The molecular weight excluding hydrogens is 336 g/mol. The highest BCUT2D eigenvalue weighted by molar-refractivity contribution is 5.79. The minimum Gasteiger partial charge on any atom is -0.384 e. The number of hydrogen-bond acceptors (Lipinski definition) is 3. The van der Waals surface area contributed by atoms with E-state index >= 15 is 0 Å². The van der Waals surface area contributed by atoms with Gasteiger partial charge < -0.3 is 15.7 Å². The number of aromatic nitrogens is 1. The first kappa shape index (κ1) is 20.9. The second-order valence-electron chi connectivity index (χ2n) is 7.35. The van der Waals surface area contributed by atoms with Crippen LogP contribution in [0.1, 0.15) is 44.7 Å². The minimum atomic E-state index is -1.01. The van der Waals surface area contributed by atoms with Crippen LogP contribution in [0.3, 0.4) is 0 Å². The predicted molar refractivity (Wildman–Crippen MR) is 112 cm³/mol. The number of benzene rings is 1. The molecule has 1 aromatic carbocycles.